The first-order valence-electron chi connectivity index (χ1n) is 5.81. The topological polar surface area (TPSA) is 32.3 Å². The molecule has 1 aliphatic rings. The molecule has 0 amide bonds. The minimum Gasteiger partial charge on any atom is -0.392 e. The Morgan fingerprint density at radius 3 is 2.50 bits per heavy atom. The zero-order valence-electron chi connectivity index (χ0n) is 9.43. The summed E-state index contributed by atoms with van der Waals surface area (Å²) in [6, 6.07) is 10.6. The fraction of sp³-hybridized carbons (Fsp3) is 0.538. The average molecular weight is 242 g/mol. The number of hydrogen-bond acceptors (Lipinski definition) is 2. The van der Waals surface area contributed by atoms with Gasteiger partial charge in [-0.3, -0.25) is 0 Å². The third-order valence-corrected chi connectivity index (χ3v) is 3.14. The van der Waals surface area contributed by atoms with Crippen LogP contribution in [0.3, 0.4) is 0 Å². The highest BCUT2D eigenvalue weighted by atomic mass is 35.5. The molecule has 1 saturated carbocycles. The molecule has 0 unspecified atom stereocenters. The van der Waals surface area contributed by atoms with Crippen LogP contribution in [0, 0.1) is 0 Å². The Morgan fingerprint density at radius 1 is 1.12 bits per heavy atom. The molecule has 2 nitrogen and oxygen atoms in total. The Labute approximate surface area is 103 Å². The second kappa shape index (κ2) is 6.89. The van der Waals surface area contributed by atoms with Gasteiger partial charge in [0.15, 0.2) is 0 Å². The van der Waals surface area contributed by atoms with Crippen molar-refractivity contribution in [3.8, 4) is 0 Å². The fourth-order valence-electron chi connectivity index (χ4n) is 2.19. The largest absolute Gasteiger partial charge is 0.392 e. The normalized spacial score (nSPS) is 24.8. The van der Waals surface area contributed by atoms with Crippen LogP contribution < -0.4 is 5.32 Å². The van der Waals surface area contributed by atoms with Crippen molar-refractivity contribution >= 4 is 12.4 Å². The van der Waals surface area contributed by atoms with Crippen molar-refractivity contribution in [2.45, 2.75) is 44.4 Å². The van der Waals surface area contributed by atoms with Crippen LogP contribution in [0.2, 0.25) is 0 Å². The minimum absolute atomic E-state index is 0. The van der Waals surface area contributed by atoms with Crippen LogP contribution in [0.4, 0.5) is 0 Å². The molecule has 1 aromatic rings. The first kappa shape index (κ1) is 13.5. The second-order valence-electron chi connectivity index (χ2n) is 4.32. The highest BCUT2D eigenvalue weighted by molar-refractivity contribution is 5.85. The van der Waals surface area contributed by atoms with Gasteiger partial charge in [-0.05, 0) is 18.4 Å². The Kier molecular flexibility index (Phi) is 5.81. The molecule has 0 aromatic heterocycles. The molecular weight excluding hydrogens is 222 g/mol. The molecule has 2 atom stereocenters. The molecule has 90 valence electrons. The van der Waals surface area contributed by atoms with Gasteiger partial charge >= 0.3 is 0 Å². The van der Waals surface area contributed by atoms with Gasteiger partial charge in [-0.25, -0.2) is 0 Å². The zero-order chi connectivity index (χ0) is 10.5. The van der Waals surface area contributed by atoms with E-state index in [0.29, 0.717) is 6.04 Å². The van der Waals surface area contributed by atoms with Crippen LogP contribution in [-0.2, 0) is 6.54 Å². The summed E-state index contributed by atoms with van der Waals surface area (Å²) in [4.78, 5) is 0. The quantitative estimate of drug-likeness (QED) is 0.852. The molecule has 0 heterocycles. The number of rotatable bonds is 3. The van der Waals surface area contributed by atoms with Gasteiger partial charge < -0.3 is 10.4 Å². The van der Waals surface area contributed by atoms with Crippen LogP contribution in [0.1, 0.15) is 31.2 Å². The number of hydrogen-bond donors (Lipinski definition) is 2. The second-order valence-corrected chi connectivity index (χ2v) is 4.32. The molecule has 1 aromatic carbocycles. The fourth-order valence-corrected chi connectivity index (χ4v) is 2.19. The van der Waals surface area contributed by atoms with Crippen molar-refractivity contribution in [1.82, 2.24) is 5.32 Å². The van der Waals surface area contributed by atoms with E-state index in [2.05, 4.69) is 17.4 Å². The van der Waals surface area contributed by atoms with Crippen molar-refractivity contribution in [2.24, 2.45) is 0 Å². The standard InChI is InChI=1S/C13H19NO.ClH/c15-13-9-5-4-8-12(13)14-10-11-6-2-1-3-7-11;/h1-3,6-7,12-15H,4-5,8-10H2;1H/t12-,13-;/m1./s1. The van der Waals surface area contributed by atoms with Gasteiger partial charge in [0.05, 0.1) is 6.10 Å². The van der Waals surface area contributed by atoms with E-state index in [1.54, 1.807) is 0 Å². The maximum atomic E-state index is 9.78. The Hall–Kier alpha value is -0.570. The first-order chi connectivity index (χ1) is 7.36. The van der Waals surface area contributed by atoms with Crippen molar-refractivity contribution in [2.75, 3.05) is 0 Å². The van der Waals surface area contributed by atoms with Crippen LogP contribution in [-0.4, -0.2) is 17.3 Å². The van der Waals surface area contributed by atoms with Crippen LogP contribution in [0.25, 0.3) is 0 Å². The van der Waals surface area contributed by atoms with Gasteiger partial charge in [-0.15, -0.1) is 12.4 Å². The highest BCUT2D eigenvalue weighted by Crippen LogP contribution is 2.18. The average Bonchev–Trinajstić information content (AvgIpc) is 2.29. The molecule has 1 aliphatic carbocycles. The van der Waals surface area contributed by atoms with E-state index < -0.39 is 0 Å². The van der Waals surface area contributed by atoms with Gasteiger partial charge in [0.25, 0.3) is 0 Å². The monoisotopic (exact) mass is 241 g/mol. The van der Waals surface area contributed by atoms with Gasteiger partial charge in [-0.1, -0.05) is 43.2 Å². The van der Waals surface area contributed by atoms with Crippen molar-refractivity contribution < 1.29 is 5.11 Å². The van der Waals surface area contributed by atoms with E-state index in [4.69, 9.17) is 0 Å². The first-order valence-corrected chi connectivity index (χ1v) is 5.81. The third-order valence-electron chi connectivity index (χ3n) is 3.14. The predicted octanol–water partition coefficient (Wildman–Crippen LogP) is 2.50. The molecule has 0 saturated heterocycles. The van der Waals surface area contributed by atoms with Crippen molar-refractivity contribution in [3.05, 3.63) is 35.9 Å². The summed E-state index contributed by atoms with van der Waals surface area (Å²) in [6.45, 7) is 0.864. The lowest BCUT2D eigenvalue weighted by atomic mass is 9.92. The number of halogens is 1. The molecule has 0 radical (unpaired) electrons. The summed E-state index contributed by atoms with van der Waals surface area (Å²) >= 11 is 0. The molecule has 2 N–H and O–H groups in total. The van der Waals surface area contributed by atoms with Crippen molar-refractivity contribution in [1.29, 1.82) is 0 Å². The SMILES string of the molecule is Cl.O[C@@H]1CCCC[C@H]1NCc1ccccc1. The minimum atomic E-state index is -0.150. The highest BCUT2D eigenvalue weighted by Gasteiger charge is 2.21. The van der Waals surface area contributed by atoms with E-state index in [-0.39, 0.29) is 18.5 Å². The lowest BCUT2D eigenvalue weighted by molar-refractivity contribution is 0.0902. The zero-order valence-corrected chi connectivity index (χ0v) is 10.2. The number of benzene rings is 1. The number of aliphatic hydroxyl groups excluding tert-OH is 1. The Bertz CT molecular complexity index is 291. The van der Waals surface area contributed by atoms with Crippen LogP contribution in [0.15, 0.2) is 30.3 Å². The number of aliphatic hydroxyl groups is 1. The van der Waals surface area contributed by atoms with Crippen molar-refractivity contribution in [3.63, 3.8) is 0 Å². The summed E-state index contributed by atoms with van der Waals surface area (Å²) < 4.78 is 0. The Balaban J connectivity index is 0.00000128. The molecule has 0 bridgehead atoms. The summed E-state index contributed by atoms with van der Waals surface area (Å²) in [7, 11) is 0. The smallest absolute Gasteiger partial charge is 0.0693 e. The van der Waals surface area contributed by atoms with E-state index in [1.165, 1.54) is 18.4 Å². The molecule has 1 fully saturated rings. The summed E-state index contributed by atoms with van der Waals surface area (Å²) in [6.07, 6.45) is 4.32. The van der Waals surface area contributed by atoms with Gasteiger partial charge in [0.2, 0.25) is 0 Å². The molecule has 16 heavy (non-hydrogen) atoms. The molecule has 0 spiro atoms. The maximum Gasteiger partial charge on any atom is 0.0693 e. The molecule has 0 aliphatic heterocycles. The molecule has 2 rings (SSSR count). The summed E-state index contributed by atoms with van der Waals surface area (Å²) in [5.41, 5.74) is 1.29. The lowest BCUT2D eigenvalue weighted by Crippen LogP contribution is -2.41. The predicted molar refractivity (Wildman–Crippen MR) is 68.8 cm³/mol. The van der Waals surface area contributed by atoms with Gasteiger partial charge in [0.1, 0.15) is 0 Å². The van der Waals surface area contributed by atoms with Gasteiger partial charge in [0, 0.05) is 12.6 Å². The van der Waals surface area contributed by atoms with E-state index in [1.807, 2.05) is 18.2 Å². The maximum absolute atomic E-state index is 9.78. The third kappa shape index (κ3) is 3.78. The number of nitrogens with one attached hydrogen (secondary N) is 1. The molecular formula is C13H20ClNO. The van der Waals surface area contributed by atoms with Crippen LogP contribution in [0.5, 0.6) is 0 Å². The lowest BCUT2D eigenvalue weighted by Gasteiger charge is -2.28. The van der Waals surface area contributed by atoms with E-state index in [9.17, 15) is 5.11 Å². The Morgan fingerprint density at radius 2 is 1.81 bits per heavy atom. The summed E-state index contributed by atoms with van der Waals surface area (Å²) in [5, 5.41) is 13.2. The van der Waals surface area contributed by atoms with Gasteiger partial charge in [-0.2, -0.15) is 0 Å². The molecule has 3 heteroatoms. The van der Waals surface area contributed by atoms with E-state index in [0.717, 1.165) is 19.4 Å². The summed E-state index contributed by atoms with van der Waals surface area (Å²) in [5.74, 6) is 0. The van der Waals surface area contributed by atoms with Crippen LogP contribution >= 0.6 is 12.4 Å². The van der Waals surface area contributed by atoms with E-state index >= 15 is 0 Å².